The number of carbonyl (C=O) groups is 4. The van der Waals surface area contributed by atoms with E-state index in [-0.39, 0.29) is 73.9 Å². The van der Waals surface area contributed by atoms with Crippen LogP contribution in [-0.4, -0.2) is 101 Å². The lowest BCUT2D eigenvalue weighted by Crippen LogP contribution is -2.38. The highest BCUT2D eigenvalue weighted by molar-refractivity contribution is 5.76. The van der Waals surface area contributed by atoms with E-state index in [4.69, 9.17) is 46.2 Å². The average Bonchev–Trinajstić information content (AvgIpc) is 3.93. The van der Waals surface area contributed by atoms with Gasteiger partial charge in [0.2, 0.25) is 11.9 Å². The first kappa shape index (κ1) is 55.3. The maximum Gasteiger partial charge on any atom is 0.323 e. The van der Waals surface area contributed by atoms with Crippen LogP contribution in [0.5, 0.6) is 0 Å². The van der Waals surface area contributed by atoms with E-state index in [1.54, 1.807) is 21.8 Å². The average molecular weight is 951 g/mol. The van der Waals surface area contributed by atoms with Crippen LogP contribution in [-0.2, 0) is 51.2 Å². The Kier molecular flexibility index (Phi) is 24.0. The fraction of sp³-hybridized carbons (Fsp3) is 0.708. The van der Waals surface area contributed by atoms with Gasteiger partial charge in [-0.25, -0.2) is 30.8 Å². The highest BCUT2D eigenvalue weighted by Crippen LogP contribution is 2.23. The summed E-state index contributed by atoms with van der Waals surface area (Å²) in [6.45, 7) is 12.7. The molecule has 0 unspecified atom stereocenters. The lowest BCUT2D eigenvalue weighted by atomic mass is 10.1. The first-order valence-electron chi connectivity index (χ1n) is 24.8. The first-order chi connectivity index (χ1) is 32.7. The van der Waals surface area contributed by atoms with E-state index in [0.717, 1.165) is 56.4 Å². The van der Waals surface area contributed by atoms with Gasteiger partial charge in [0.1, 0.15) is 23.1 Å². The zero-order valence-electron chi connectivity index (χ0n) is 41.4. The molecule has 0 aliphatic carbocycles. The molecule has 4 rings (SSSR count). The van der Waals surface area contributed by atoms with Crippen LogP contribution in [0.3, 0.4) is 0 Å². The van der Waals surface area contributed by atoms with Crippen molar-refractivity contribution in [3.8, 4) is 0 Å². The summed E-state index contributed by atoms with van der Waals surface area (Å²) < 4.78 is 26.1. The molecular weight excluding hydrogens is 873 g/mol. The third-order valence-corrected chi connectivity index (χ3v) is 12.0. The van der Waals surface area contributed by atoms with Crippen molar-refractivity contribution in [3.05, 3.63) is 25.0 Å². The number of aromatic nitrogens is 8. The van der Waals surface area contributed by atoms with Gasteiger partial charge in [0.05, 0.1) is 51.5 Å². The quantitative estimate of drug-likeness (QED) is 0.0146. The summed E-state index contributed by atoms with van der Waals surface area (Å²) in [5, 5.41) is 1.15. The molecule has 4 heterocycles. The van der Waals surface area contributed by atoms with Crippen LogP contribution in [0.25, 0.3) is 22.3 Å². The van der Waals surface area contributed by atoms with E-state index >= 15 is 0 Å². The van der Waals surface area contributed by atoms with Crippen molar-refractivity contribution in [2.75, 3.05) is 31.4 Å². The third kappa shape index (κ3) is 18.3. The molecule has 0 fully saturated rings. The standard InChI is InChI=1S/C48H78N12O8/c1-7-9-11-13-14-16-18-20-40(62)66-24-22-36(30-68-46(64)42(50)34(5)6)28-59-32-55-38-26-53-48(57-44(38)59)60(51)47-52-25-37-43(56-47)58(31-54-37)27-35(29-67-45(63)41(49)33(3)4)21-23-65-39(61)19-17-15-12-10-8-2/h25-26,31-36,41-42H,7-24,27-30,49-51H2,1-6H3/t35-,36-,41+,42+/m1/s1. The minimum atomic E-state index is -0.776. The highest BCUT2D eigenvalue weighted by Gasteiger charge is 2.25. The van der Waals surface area contributed by atoms with Crippen LogP contribution in [0.1, 0.15) is 144 Å². The van der Waals surface area contributed by atoms with E-state index in [0.29, 0.717) is 61.1 Å². The number of rotatable bonds is 34. The Morgan fingerprint density at radius 1 is 0.574 bits per heavy atom. The zero-order valence-corrected chi connectivity index (χ0v) is 41.4. The summed E-state index contributed by atoms with van der Waals surface area (Å²) in [6, 6.07) is -1.55. The molecule has 4 aromatic rings. The molecule has 0 spiro atoms. The number of esters is 4. The molecule has 0 bridgehead atoms. The Bertz CT molecular complexity index is 2150. The number of imidazole rings is 2. The molecule has 20 nitrogen and oxygen atoms in total. The molecule has 20 heteroatoms. The number of hydrogen-bond acceptors (Lipinski definition) is 18. The molecule has 0 radical (unpaired) electrons. The predicted octanol–water partition coefficient (Wildman–Crippen LogP) is 6.63. The van der Waals surface area contributed by atoms with Crippen molar-refractivity contribution >= 4 is 58.1 Å². The van der Waals surface area contributed by atoms with Crippen LogP contribution in [0, 0.1) is 23.7 Å². The van der Waals surface area contributed by atoms with E-state index in [2.05, 4.69) is 33.8 Å². The molecular formula is C48H78N12O8. The largest absolute Gasteiger partial charge is 0.466 e. The first-order valence-corrected chi connectivity index (χ1v) is 24.8. The Morgan fingerprint density at radius 3 is 1.34 bits per heavy atom. The van der Waals surface area contributed by atoms with Gasteiger partial charge in [-0.1, -0.05) is 106 Å². The third-order valence-electron chi connectivity index (χ3n) is 12.0. The number of nitrogens with two attached hydrogens (primary N) is 3. The van der Waals surface area contributed by atoms with Crippen LogP contribution in [0.2, 0.25) is 0 Å². The van der Waals surface area contributed by atoms with Gasteiger partial charge in [-0.15, -0.1) is 0 Å². The normalized spacial score (nSPS) is 13.5. The Balaban J connectivity index is 1.47. The maximum absolute atomic E-state index is 12.8. The van der Waals surface area contributed by atoms with Crippen molar-refractivity contribution in [2.24, 2.45) is 41.0 Å². The molecule has 0 amide bonds. The molecule has 6 N–H and O–H groups in total. The number of hydrazine groups is 1. The minimum Gasteiger partial charge on any atom is -0.466 e. The molecule has 0 aliphatic heterocycles. The second-order valence-corrected chi connectivity index (χ2v) is 18.5. The molecule has 0 saturated heterocycles. The summed E-state index contributed by atoms with van der Waals surface area (Å²) >= 11 is 0. The van der Waals surface area contributed by atoms with Crippen molar-refractivity contribution in [1.29, 1.82) is 0 Å². The topological polar surface area (TPSA) is 274 Å². The fourth-order valence-electron chi connectivity index (χ4n) is 7.35. The second-order valence-electron chi connectivity index (χ2n) is 18.5. The van der Waals surface area contributed by atoms with E-state index in [1.807, 2.05) is 27.7 Å². The van der Waals surface area contributed by atoms with Crippen molar-refractivity contribution in [1.82, 2.24) is 39.0 Å². The predicted molar refractivity (Wildman–Crippen MR) is 259 cm³/mol. The summed E-state index contributed by atoms with van der Waals surface area (Å²) in [5.41, 5.74) is 14.0. The Hall–Kier alpha value is -5.34. The summed E-state index contributed by atoms with van der Waals surface area (Å²) in [6.07, 6.45) is 20.7. The van der Waals surface area contributed by atoms with Crippen LogP contribution >= 0.6 is 0 Å². The van der Waals surface area contributed by atoms with E-state index < -0.39 is 24.0 Å². The Morgan fingerprint density at radius 2 is 0.956 bits per heavy atom. The minimum absolute atomic E-state index is 0.0369. The Labute approximate surface area is 401 Å². The smallest absolute Gasteiger partial charge is 0.323 e. The number of hydrogen-bond donors (Lipinski definition) is 3. The summed E-state index contributed by atoms with van der Waals surface area (Å²) in [4.78, 5) is 78.0. The molecule has 68 heavy (non-hydrogen) atoms. The second kappa shape index (κ2) is 29.5. The number of ether oxygens (including phenoxy) is 4. The SMILES string of the molecule is CCCCCCCCCC(=O)OCC[C@@H](COC(=O)[C@@H](N)C(C)C)Cn1cnc2cnc(N(N)c3ncc4ncn(C[C@@H](CCOC(=O)CCCCCCC)COC(=O)[C@@H](N)C(C)C)c4n3)nc21. The van der Waals surface area contributed by atoms with Crippen molar-refractivity contribution in [2.45, 2.75) is 169 Å². The van der Waals surface area contributed by atoms with Crippen molar-refractivity contribution in [3.63, 3.8) is 0 Å². The van der Waals surface area contributed by atoms with Crippen LogP contribution < -0.4 is 22.3 Å². The van der Waals surface area contributed by atoms with Crippen LogP contribution in [0.15, 0.2) is 25.0 Å². The number of anilines is 2. The van der Waals surface area contributed by atoms with E-state index in [9.17, 15) is 19.2 Å². The van der Waals surface area contributed by atoms with Crippen molar-refractivity contribution < 1.29 is 38.1 Å². The van der Waals surface area contributed by atoms with Gasteiger partial charge in [0.15, 0.2) is 11.3 Å². The molecule has 0 saturated carbocycles. The lowest BCUT2D eigenvalue weighted by Gasteiger charge is -2.21. The maximum atomic E-state index is 12.8. The molecule has 0 aliphatic rings. The van der Waals surface area contributed by atoms with Gasteiger partial charge < -0.3 is 39.5 Å². The number of unbranched alkanes of at least 4 members (excludes halogenated alkanes) is 10. The number of nitrogens with zero attached hydrogens (tertiary/aromatic N) is 9. The number of fused-ring (bicyclic) bond motifs is 2. The molecule has 0 aromatic carbocycles. The van der Waals surface area contributed by atoms with Gasteiger partial charge >= 0.3 is 23.9 Å². The van der Waals surface area contributed by atoms with Gasteiger partial charge in [0, 0.05) is 37.8 Å². The molecule has 378 valence electrons. The number of carbonyl (C=O) groups excluding carboxylic acids is 4. The zero-order chi connectivity index (χ0) is 49.4. The highest BCUT2D eigenvalue weighted by atomic mass is 16.5. The van der Waals surface area contributed by atoms with Crippen LogP contribution in [0.4, 0.5) is 11.9 Å². The molecule has 4 aromatic heterocycles. The van der Waals surface area contributed by atoms with Gasteiger partial charge in [-0.2, -0.15) is 9.97 Å². The monoisotopic (exact) mass is 951 g/mol. The summed E-state index contributed by atoms with van der Waals surface area (Å²) in [5.74, 6) is 4.47. The summed E-state index contributed by atoms with van der Waals surface area (Å²) in [7, 11) is 0. The van der Waals surface area contributed by atoms with Gasteiger partial charge in [-0.3, -0.25) is 19.2 Å². The van der Waals surface area contributed by atoms with Gasteiger partial charge in [0.25, 0.3) is 0 Å². The van der Waals surface area contributed by atoms with E-state index in [1.165, 1.54) is 38.1 Å². The van der Waals surface area contributed by atoms with Gasteiger partial charge in [-0.05, 0) is 37.5 Å². The lowest BCUT2D eigenvalue weighted by molar-refractivity contribution is -0.149. The molecule has 4 atom stereocenters. The fourth-order valence-corrected chi connectivity index (χ4v) is 7.35.